The zero-order valence-electron chi connectivity index (χ0n) is 9.28. The lowest BCUT2D eigenvalue weighted by atomic mass is 10.2. The normalized spacial score (nSPS) is 13.8. The standard InChI is InChI=1S/C11H14Cl2N2.ClH/c1-5-8(12)10-11(9(13)6-2)15(4)7(3)14-10;/h5-6,8-9H,1-2H2,3-4H3;1H. The zero-order valence-corrected chi connectivity index (χ0v) is 11.6. The van der Waals surface area contributed by atoms with E-state index in [1.807, 2.05) is 18.5 Å². The third-order valence-corrected chi connectivity index (χ3v) is 3.10. The molecule has 0 saturated carbocycles. The van der Waals surface area contributed by atoms with E-state index < -0.39 is 0 Å². The van der Waals surface area contributed by atoms with Crippen molar-refractivity contribution in [3.63, 3.8) is 0 Å². The van der Waals surface area contributed by atoms with Crippen LogP contribution in [0.1, 0.15) is 28.0 Å². The summed E-state index contributed by atoms with van der Waals surface area (Å²) in [5, 5.41) is -0.603. The third kappa shape index (κ3) is 2.82. The number of nitrogens with zero attached hydrogens (tertiary/aromatic N) is 2. The van der Waals surface area contributed by atoms with Gasteiger partial charge >= 0.3 is 0 Å². The van der Waals surface area contributed by atoms with Crippen molar-refractivity contribution in [3.8, 4) is 0 Å². The van der Waals surface area contributed by atoms with E-state index in [1.54, 1.807) is 12.2 Å². The molecule has 5 heteroatoms. The van der Waals surface area contributed by atoms with E-state index in [2.05, 4.69) is 18.1 Å². The molecule has 0 radical (unpaired) electrons. The van der Waals surface area contributed by atoms with Gasteiger partial charge in [0.1, 0.15) is 5.82 Å². The fourth-order valence-electron chi connectivity index (χ4n) is 1.41. The Morgan fingerprint density at radius 1 is 1.25 bits per heavy atom. The molecule has 2 unspecified atom stereocenters. The first-order chi connectivity index (χ1) is 7.02. The predicted octanol–water partition coefficient (Wildman–Crippen LogP) is 4.08. The van der Waals surface area contributed by atoms with Gasteiger partial charge in [-0.15, -0.1) is 48.8 Å². The molecular formula is C11H15Cl3N2. The van der Waals surface area contributed by atoms with Crippen LogP contribution in [0.4, 0.5) is 0 Å². The lowest BCUT2D eigenvalue weighted by molar-refractivity contribution is 0.801. The van der Waals surface area contributed by atoms with Crippen LogP contribution in [-0.2, 0) is 7.05 Å². The van der Waals surface area contributed by atoms with Gasteiger partial charge in [0.05, 0.1) is 22.1 Å². The number of imidazole rings is 1. The molecule has 0 aliphatic rings. The number of hydrogen-bond donors (Lipinski definition) is 0. The van der Waals surface area contributed by atoms with E-state index in [0.717, 1.165) is 17.2 Å². The highest BCUT2D eigenvalue weighted by molar-refractivity contribution is 6.23. The van der Waals surface area contributed by atoms with Gasteiger partial charge in [-0.05, 0) is 6.92 Å². The Morgan fingerprint density at radius 3 is 2.19 bits per heavy atom. The van der Waals surface area contributed by atoms with Crippen molar-refractivity contribution in [2.45, 2.75) is 17.7 Å². The third-order valence-electron chi connectivity index (χ3n) is 2.33. The summed E-state index contributed by atoms with van der Waals surface area (Å²) >= 11 is 12.2. The second-order valence-corrected chi connectivity index (χ2v) is 4.20. The Labute approximate surface area is 112 Å². The monoisotopic (exact) mass is 280 g/mol. The fourth-order valence-corrected chi connectivity index (χ4v) is 1.82. The SMILES string of the molecule is C=CC(Cl)c1nc(C)n(C)c1C(Cl)C=C.Cl. The van der Waals surface area contributed by atoms with Crippen LogP contribution in [0.3, 0.4) is 0 Å². The van der Waals surface area contributed by atoms with Crippen molar-refractivity contribution in [2.75, 3.05) is 0 Å². The first-order valence-corrected chi connectivity index (χ1v) is 5.46. The van der Waals surface area contributed by atoms with Gasteiger partial charge in [-0.1, -0.05) is 12.2 Å². The highest BCUT2D eigenvalue weighted by Gasteiger charge is 2.21. The molecule has 1 heterocycles. The highest BCUT2D eigenvalue weighted by atomic mass is 35.5. The van der Waals surface area contributed by atoms with Crippen LogP contribution in [0.2, 0.25) is 0 Å². The van der Waals surface area contributed by atoms with Crippen LogP contribution in [0.25, 0.3) is 0 Å². The predicted molar refractivity (Wildman–Crippen MR) is 72.8 cm³/mol. The lowest BCUT2D eigenvalue weighted by Crippen LogP contribution is -2.02. The maximum absolute atomic E-state index is 6.14. The molecule has 0 saturated heterocycles. The topological polar surface area (TPSA) is 17.8 Å². The molecule has 16 heavy (non-hydrogen) atoms. The van der Waals surface area contributed by atoms with Gasteiger partial charge in [-0.3, -0.25) is 0 Å². The minimum absolute atomic E-state index is 0. The second-order valence-electron chi connectivity index (χ2n) is 3.26. The Morgan fingerprint density at radius 2 is 1.75 bits per heavy atom. The van der Waals surface area contributed by atoms with Crippen LogP contribution >= 0.6 is 35.6 Å². The van der Waals surface area contributed by atoms with Gasteiger partial charge in [-0.2, -0.15) is 0 Å². The number of halogens is 3. The smallest absolute Gasteiger partial charge is 0.105 e. The lowest BCUT2D eigenvalue weighted by Gasteiger charge is -2.10. The molecule has 1 aromatic heterocycles. The maximum Gasteiger partial charge on any atom is 0.105 e. The summed E-state index contributed by atoms with van der Waals surface area (Å²) in [5.74, 6) is 0.875. The summed E-state index contributed by atoms with van der Waals surface area (Å²) in [6.45, 7) is 9.23. The van der Waals surface area contributed by atoms with Crippen LogP contribution < -0.4 is 0 Å². The molecule has 0 aromatic carbocycles. The van der Waals surface area contributed by atoms with Crippen molar-refractivity contribution < 1.29 is 0 Å². The maximum atomic E-state index is 6.14. The highest BCUT2D eigenvalue weighted by Crippen LogP contribution is 2.32. The van der Waals surface area contributed by atoms with Crippen molar-refractivity contribution in [3.05, 3.63) is 42.5 Å². The summed E-state index contributed by atoms with van der Waals surface area (Å²) in [6.07, 6.45) is 3.30. The number of hydrogen-bond acceptors (Lipinski definition) is 1. The molecule has 90 valence electrons. The number of aryl methyl sites for hydroxylation is 1. The Bertz CT molecular complexity index is 385. The van der Waals surface area contributed by atoms with E-state index in [0.29, 0.717) is 0 Å². The van der Waals surface area contributed by atoms with Gasteiger partial charge in [0.2, 0.25) is 0 Å². The Hall–Kier alpha value is -0.440. The van der Waals surface area contributed by atoms with Crippen LogP contribution in [0.15, 0.2) is 25.3 Å². The van der Waals surface area contributed by atoms with Gasteiger partial charge in [0, 0.05) is 7.05 Å². The quantitative estimate of drug-likeness (QED) is 0.600. The Kier molecular flexibility index (Phi) is 6.16. The van der Waals surface area contributed by atoms with E-state index in [-0.39, 0.29) is 23.2 Å². The van der Waals surface area contributed by atoms with E-state index >= 15 is 0 Å². The summed E-state index contributed by atoms with van der Waals surface area (Å²) in [6, 6.07) is 0. The minimum atomic E-state index is -0.318. The van der Waals surface area contributed by atoms with Gasteiger partial charge in [0.25, 0.3) is 0 Å². The van der Waals surface area contributed by atoms with Crippen LogP contribution in [0, 0.1) is 6.92 Å². The number of rotatable bonds is 4. The number of aromatic nitrogens is 2. The molecule has 0 amide bonds. The molecule has 0 aliphatic heterocycles. The molecule has 2 nitrogen and oxygen atoms in total. The van der Waals surface area contributed by atoms with Gasteiger partial charge in [-0.25, -0.2) is 4.98 Å². The molecule has 0 N–H and O–H groups in total. The molecule has 0 spiro atoms. The van der Waals surface area contributed by atoms with E-state index in [4.69, 9.17) is 23.2 Å². The summed E-state index contributed by atoms with van der Waals surface area (Å²) in [5.41, 5.74) is 1.63. The fraction of sp³-hybridized carbons (Fsp3) is 0.364. The minimum Gasteiger partial charge on any atom is -0.333 e. The molecule has 1 aromatic rings. The van der Waals surface area contributed by atoms with Crippen molar-refractivity contribution in [1.82, 2.24) is 9.55 Å². The second kappa shape index (κ2) is 6.33. The Balaban J connectivity index is 0.00000225. The zero-order chi connectivity index (χ0) is 11.6. The van der Waals surface area contributed by atoms with Gasteiger partial charge in [0.15, 0.2) is 0 Å². The molecule has 0 fully saturated rings. The molecular weight excluding hydrogens is 266 g/mol. The largest absolute Gasteiger partial charge is 0.333 e. The summed E-state index contributed by atoms with van der Waals surface area (Å²) < 4.78 is 1.92. The molecule has 0 bridgehead atoms. The van der Waals surface area contributed by atoms with E-state index in [9.17, 15) is 0 Å². The molecule has 0 aliphatic carbocycles. The summed E-state index contributed by atoms with van der Waals surface area (Å²) in [7, 11) is 1.91. The average Bonchev–Trinajstić information content (AvgIpc) is 2.53. The van der Waals surface area contributed by atoms with Crippen LogP contribution in [0.5, 0.6) is 0 Å². The summed E-state index contributed by atoms with van der Waals surface area (Å²) in [4.78, 5) is 4.38. The molecule has 1 rings (SSSR count). The van der Waals surface area contributed by atoms with Crippen LogP contribution in [-0.4, -0.2) is 9.55 Å². The van der Waals surface area contributed by atoms with Crippen molar-refractivity contribution in [2.24, 2.45) is 7.05 Å². The average molecular weight is 282 g/mol. The van der Waals surface area contributed by atoms with Crippen molar-refractivity contribution in [1.29, 1.82) is 0 Å². The molecule has 2 atom stereocenters. The number of allylic oxidation sites excluding steroid dienone is 2. The first kappa shape index (κ1) is 15.6. The van der Waals surface area contributed by atoms with Crippen molar-refractivity contribution >= 4 is 35.6 Å². The first-order valence-electron chi connectivity index (χ1n) is 4.59. The van der Waals surface area contributed by atoms with E-state index in [1.165, 1.54) is 0 Å². The van der Waals surface area contributed by atoms with Gasteiger partial charge < -0.3 is 4.57 Å². The number of alkyl halides is 2.